The van der Waals surface area contributed by atoms with Crippen molar-refractivity contribution in [1.82, 2.24) is 10.6 Å². The van der Waals surface area contributed by atoms with Gasteiger partial charge in [0.1, 0.15) is 5.78 Å². The molecule has 0 aromatic heterocycles. The van der Waals surface area contributed by atoms with Crippen LogP contribution in [0.25, 0.3) is 0 Å². The minimum Gasteiger partial charge on any atom is -0.351 e. The number of nitrogens with one attached hydrogen (secondary N) is 2. The Morgan fingerprint density at radius 1 is 0.607 bits per heavy atom. The highest BCUT2D eigenvalue weighted by molar-refractivity contribution is 5.90. The third kappa shape index (κ3) is 9.07. The van der Waals surface area contributed by atoms with E-state index in [0.29, 0.717) is 6.42 Å². The lowest BCUT2D eigenvalue weighted by atomic mass is 9.66. The van der Waals surface area contributed by atoms with E-state index >= 15 is 0 Å². The van der Waals surface area contributed by atoms with Crippen LogP contribution in [0, 0.1) is 16.2 Å². The molecule has 28 heavy (non-hydrogen) atoms. The molecule has 0 aliphatic rings. The second-order valence-electron chi connectivity index (χ2n) is 13.3. The lowest BCUT2D eigenvalue weighted by molar-refractivity contribution is -0.140. The lowest BCUT2D eigenvalue weighted by Crippen LogP contribution is -2.58. The Bertz CT molecular complexity index is 570. The molecule has 0 unspecified atom stereocenters. The van der Waals surface area contributed by atoms with Crippen molar-refractivity contribution < 1.29 is 9.59 Å². The average molecular weight is 397 g/mol. The maximum atomic E-state index is 13.2. The molecule has 2 N–H and O–H groups in total. The second kappa shape index (κ2) is 8.08. The summed E-state index contributed by atoms with van der Waals surface area (Å²) in [5.41, 5.74) is -2.10. The summed E-state index contributed by atoms with van der Waals surface area (Å²) in [6.45, 7) is 28.5. The Morgan fingerprint density at radius 3 is 1.39 bits per heavy atom. The van der Waals surface area contributed by atoms with Gasteiger partial charge in [0.15, 0.2) is 0 Å². The fraction of sp³-hybridized carbons (Fsp3) is 0.917. The molecular weight excluding hydrogens is 348 g/mol. The first-order valence-electron chi connectivity index (χ1n) is 10.6. The van der Waals surface area contributed by atoms with Crippen LogP contribution in [0.2, 0.25) is 0 Å². The van der Waals surface area contributed by atoms with Gasteiger partial charge in [0.05, 0.1) is 0 Å². The van der Waals surface area contributed by atoms with Gasteiger partial charge in [-0.1, -0.05) is 48.5 Å². The van der Waals surface area contributed by atoms with Crippen molar-refractivity contribution >= 4 is 11.7 Å². The number of amides is 1. The number of Topliss-reactive ketones (excluding diaryl/α,β-unsaturated/α-hetero) is 1. The number of carbonyl (C=O) groups excluding carboxylic acids is 2. The van der Waals surface area contributed by atoms with Crippen molar-refractivity contribution in [3.63, 3.8) is 0 Å². The van der Waals surface area contributed by atoms with Crippen molar-refractivity contribution in [2.24, 2.45) is 16.2 Å². The summed E-state index contributed by atoms with van der Waals surface area (Å²) in [4.78, 5) is 26.0. The summed E-state index contributed by atoms with van der Waals surface area (Å²) in [6, 6.07) is 0. The van der Waals surface area contributed by atoms with Crippen molar-refractivity contribution in [2.75, 3.05) is 0 Å². The normalized spacial score (nSPS) is 14.8. The molecule has 0 radical (unpaired) electrons. The molecule has 0 heterocycles. The van der Waals surface area contributed by atoms with Crippen molar-refractivity contribution in [3.05, 3.63) is 0 Å². The second-order valence-corrected chi connectivity index (χ2v) is 13.3. The number of hydrogen-bond donors (Lipinski definition) is 2. The van der Waals surface area contributed by atoms with Crippen LogP contribution >= 0.6 is 0 Å². The van der Waals surface area contributed by atoms with E-state index in [1.807, 2.05) is 48.5 Å². The largest absolute Gasteiger partial charge is 0.351 e. The zero-order valence-electron chi connectivity index (χ0n) is 21.2. The van der Waals surface area contributed by atoms with E-state index in [4.69, 9.17) is 0 Å². The summed E-state index contributed by atoms with van der Waals surface area (Å²) >= 11 is 0. The zero-order valence-corrected chi connectivity index (χ0v) is 21.2. The van der Waals surface area contributed by atoms with Crippen LogP contribution in [0.15, 0.2) is 0 Å². The summed E-state index contributed by atoms with van der Waals surface area (Å²) in [5, 5.41) is 6.89. The number of hydrogen-bond acceptors (Lipinski definition) is 3. The smallest absolute Gasteiger partial charge is 0.226 e. The van der Waals surface area contributed by atoms with Gasteiger partial charge in [0.2, 0.25) is 5.91 Å². The van der Waals surface area contributed by atoms with Crippen LogP contribution in [-0.2, 0) is 9.59 Å². The standard InChI is InChI=1S/C24H48N2O2/c1-19(2,3)17(27)21(7,8)15-22(9,10)18(28)25-23(11,12)16-24(13,14)26-20(4,5)6/h26H,15-16H2,1-14H3,(H,25,28). The van der Waals surface area contributed by atoms with Gasteiger partial charge in [-0.25, -0.2) is 0 Å². The van der Waals surface area contributed by atoms with Gasteiger partial charge < -0.3 is 10.6 Å². The van der Waals surface area contributed by atoms with Gasteiger partial charge in [0.25, 0.3) is 0 Å². The molecule has 0 aliphatic carbocycles. The van der Waals surface area contributed by atoms with Gasteiger partial charge in [-0.3, -0.25) is 9.59 Å². The van der Waals surface area contributed by atoms with E-state index in [2.05, 4.69) is 59.1 Å². The molecule has 0 spiro atoms. The molecule has 0 aliphatic heterocycles. The molecule has 0 bridgehead atoms. The molecule has 0 rings (SSSR count). The van der Waals surface area contributed by atoms with E-state index in [-0.39, 0.29) is 28.3 Å². The van der Waals surface area contributed by atoms with Gasteiger partial charge in [0, 0.05) is 32.9 Å². The maximum Gasteiger partial charge on any atom is 0.226 e. The third-order valence-corrected chi connectivity index (χ3v) is 4.84. The van der Waals surface area contributed by atoms with E-state index in [1.54, 1.807) is 0 Å². The van der Waals surface area contributed by atoms with E-state index in [0.717, 1.165) is 6.42 Å². The molecule has 166 valence electrons. The first-order chi connectivity index (χ1) is 11.9. The fourth-order valence-corrected chi connectivity index (χ4v) is 4.97. The summed E-state index contributed by atoms with van der Waals surface area (Å²) in [5.74, 6) is 0.189. The van der Waals surface area contributed by atoms with Gasteiger partial charge in [-0.15, -0.1) is 0 Å². The molecule has 4 heteroatoms. The Balaban J connectivity index is 5.28. The lowest BCUT2D eigenvalue weighted by Gasteiger charge is -2.42. The van der Waals surface area contributed by atoms with Crippen LogP contribution in [0.3, 0.4) is 0 Å². The molecule has 0 saturated heterocycles. The highest BCUT2D eigenvalue weighted by Gasteiger charge is 2.43. The summed E-state index contributed by atoms with van der Waals surface area (Å²) < 4.78 is 0. The molecule has 1 amide bonds. The number of carbonyl (C=O) groups is 2. The average Bonchev–Trinajstić information content (AvgIpc) is 2.29. The highest BCUT2D eigenvalue weighted by Crippen LogP contribution is 2.39. The Labute approximate surface area is 175 Å². The molecule has 4 nitrogen and oxygen atoms in total. The molecule has 0 aromatic rings. The highest BCUT2D eigenvalue weighted by atomic mass is 16.2. The minimum atomic E-state index is -0.636. The van der Waals surface area contributed by atoms with Crippen LogP contribution in [-0.4, -0.2) is 28.3 Å². The summed E-state index contributed by atoms with van der Waals surface area (Å²) in [7, 11) is 0. The van der Waals surface area contributed by atoms with Gasteiger partial charge >= 0.3 is 0 Å². The van der Waals surface area contributed by atoms with Crippen molar-refractivity contribution in [3.8, 4) is 0 Å². The first kappa shape index (κ1) is 27.1. The topological polar surface area (TPSA) is 58.2 Å². The molecule has 0 atom stereocenters. The predicted molar refractivity (Wildman–Crippen MR) is 120 cm³/mol. The Morgan fingerprint density at radius 2 is 1.04 bits per heavy atom. The monoisotopic (exact) mass is 396 g/mol. The number of ketones is 1. The molecule has 0 fully saturated rings. The SMILES string of the molecule is CC(C)(C)NC(C)(C)CC(C)(C)NC(=O)C(C)(C)CC(C)(C)C(=O)C(C)(C)C. The van der Waals surface area contributed by atoms with Crippen molar-refractivity contribution in [2.45, 2.75) is 126 Å². The first-order valence-corrected chi connectivity index (χ1v) is 10.6. The fourth-order valence-electron chi connectivity index (χ4n) is 4.97. The van der Waals surface area contributed by atoms with Crippen LogP contribution < -0.4 is 10.6 Å². The van der Waals surface area contributed by atoms with Crippen LogP contribution in [0.5, 0.6) is 0 Å². The van der Waals surface area contributed by atoms with E-state index < -0.39 is 16.2 Å². The quantitative estimate of drug-likeness (QED) is 0.570. The maximum absolute atomic E-state index is 13.2. The predicted octanol–water partition coefficient (Wildman–Crippen LogP) is 5.50. The zero-order chi connectivity index (χ0) is 23.0. The molecule has 0 aromatic carbocycles. The Hall–Kier alpha value is -0.900. The number of rotatable bonds is 8. The minimum absolute atomic E-state index is 0.000200. The Kier molecular flexibility index (Phi) is 7.82. The van der Waals surface area contributed by atoms with Crippen LogP contribution in [0.1, 0.15) is 110 Å². The van der Waals surface area contributed by atoms with Crippen LogP contribution in [0.4, 0.5) is 0 Å². The van der Waals surface area contributed by atoms with Gasteiger partial charge in [-0.2, -0.15) is 0 Å². The molecular formula is C24H48N2O2. The van der Waals surface area contributed by atoms with Crippen molar-refractivity contribution in [1.29, 1.82) is 0 Å². The van der Waals surface area contributed by atoms with E-state index in [1.165, 1.54) is 0 Å². The van der Waals surface area contributed by atoms with E-state index in [9.17, 15) is 9.59 Å². The third-order valence-electron chi connectivity index (χ3n) is 4.84. The van der Waals surface area contributed by atoms with Gasteiger partial charge in [-0.05, 0) is 61.3 Å². The molecule has 0 saturated carbocycles. The summed E-state index contributed by atoms with van der Waals surface area (Å²) in [6.07, 6.45) is 1.31.